The van der Waals surface area contributed by atoms with Crippen LogP contribution in [-0.2, 0) is 4.74 Å². The van der Waals surface area contributed by atoms with Gasteiger partial charge in [-0.3, -0.25) is 0 Å². The zero-order valence-electron chi connectivity index (χ0n) is 18.7. The second kappa shape index (κ2) is 9.88. The van der Waals surface area contributed by atoms with Crippen LogP contribution >= 0.6 is 0 Å². The Morgan fingerprint density at radius 3 is 2.07 bits per heavy atom. The Hall–Kier alpha value is -2.69. The minimum absolute atomic E-state index is 0.00533. The van der Waals surface area contributed by atoms with Crippen LogP contribution < -0.4 is 4.90 Å². The monoisotopic (exact) mass is 407 g/mol. The molecule has 0 amide bonds. The number of anilines is 1. The van der Waals surface area contributed by atoms with E-state index in [-0.39, 0.29) is 12.1 Å². The third kappa shape index (κ3) is 5.68. The predicted molar refractivity (Wildman–Crippen MR) is 122 cm³/mol. The topological polar surface area (TPSA) is 54.3 Å². The Morgan fingerprint density at radius 2 is 1.53 bits per heavy atom. The van der Waals surface area contributed by atoms with Crippen molar-refractivity contribution in [3.8, 4) is 0 Å². The van der Waals surface area contributed by atoms with E-state index in [1.54, 1.807) is 24.3 Å². The van der Waals surface area contributed by atoms with Gasteiger partial charge in [-0.05, 0) is 79.1 Å². The first-order valence-corrected chi connectivity index (χ1v) is 10.8. The Labute approximate surface area is 180 Å². The van der Waals surface area contributed by atoms with Crippen LogP contribution in [0.5, 0.6) is 0 Å². The molecular formula is C25H33N3O2. The number of esters is 1. The van der Waals surface area contributed by atoms with Gasteiger partial charge in [-0.25, -0.2) is 4.79 Å². The third-order valence-corrected chi connectivity index (χ3v) is 5.97. The second-order valence-corrected chi connectivity index (χ2v) is 8.93. The smallest absolute Gasteiger partial charge is 0.338 e. The van der Waals surface area contributed by atoms with Gasteiger partial charge in [-0.15, -0.1) is 0 Å². The molecule has 0 spiro atoms. The number of nitrogens with zero attached hydrogens (tertiary/aromatic N) is 3. The van der Waals surface area contributed by atoms with Crippen LogP contribution in [0.1, 0.15) is 50.4 Å². The Morgan fingerprint density at radius 1 is 0.967 bits per heavy atom. The summed E-state index contributed by atoms with van der Waals surface area (Å²) in [4.78, 5) is 14.7. The lowest BCUT2D eigenvalue weighted by Gasteiger charge is -2.36. The molecule has 0 radical (unpaired) electrons. The van der Waals surface area contributed by atoms with E-state index in [0.29, 0.717) is 29.0 Å². The molecule has 1 aliphatic rings. The predicted octanol–water partition coefficient (Wildman–Crippen LogP) is 6.79. The molecule has 3 rings (SSSR count). The minimum atomic E-state index is -0.248. The van der Waals surface area contributed by atoms with Crippen molar-refractivity contribution in [2.75, 3.05) is 19.0 Å². The number of hydrogen-bond acceptors (Lipinski definition) is 5. The first-order valence-electron chi connectivity index (χ1n) is 10.8. The van der Waals surface area contributed by atoms with E-state index in [0.717, 1.165) is 24.2 Å². The SMILES string of the molecule is CC1CCC(C(C)C)C(OC(=O)c2ccc(N=Nc3ccc(N(C)C)cc3)cc2)C1. The number of carbonyl (C=O) groups is 1. The van der Waals surface area contributed by atoms with E-state index in [4.69, 9.17) is 4.74 Å². The molecule has 2 aromatic rings. The van der Waals surface area contributed by atoms with Crippen molar-refractivity contribution in [2.24, 2.45) is 28.0 Å². The van der Waals surface area contributed by atoms with Gasteiger partial charge in [-0.1, -0.05) is 27.2 Å². The summed E-state index contributed by atoms with van der Waals surface area (Å²) in [6, 6.07) is 15.0. The van der Waals surface area contributed by atoms with Crippen LogP contribution in [0.3, 0.4) is 0 Å². The van der Waals surface area contributed by atoms with Gasteiger partial charge in [-0.2, -0.15) is 10.2 Å². The first kappa shape index (κ1) is 22.0. The maximum Gasteiger partial charge on any atom is 0.338 e. The molecular weight excluding hydrogens is 374 g/mol. The van der Waals surface area contributed by atoms with Crippen molar-refractivity contribution in [1.29, 1.82) is 0 Å². The van der Waals surface area contributed by atoms with Crippen LogP contribution in [0.4, 0.5) is 17.1 Å². The molecule has 5 heteroatoms. The highest BCUT2D eigenvalue weighted by atomic mass is 16.5. The van der Waals surface area contributed by atoms with Gasteiger partial charge in [0.2, 0.25) is 0 Å². The summed E-state index contributed by atoms with van der Waals surface area (Å²) < 4.78 is 5.92. The summed E-state index contributed by atoms with van der Waals surface area (Å²) in [5.41, 5.74) is 3.17. The molecule has 3 unspecified atom stereocenters. The molecule has 0 saturated heterocycles. The summed E-state index contributed by atoms with van der Waals surface area (Å²) in [6.07, 6.45) is 3.30. The third-order valence-electron chi connectivity index (χ3n) is 5.97. The highest BCUT2D eigenvalue weighted by molar-refractivity contribution is 5.89. The number of benzene rings is 2. The van der Waals surface area contributed by atoms with Crippen LogP contribution in [0.25, 0.3) is 0 Å². The van der Waals surface area contributed by atoms with Crippen molar-refractivity contribution < 1.29 is 9.53 Å². The molecule has 30 heavy (non-hydrogen) atoms. The van der Waals surface area contributed by atoms with Gasteiger partial charge >= 0.3 is 5.97 Å². The highest BCUT2D eigenvalue weighted by Gasteiger charge is 2.33. The van der Waals surface area contributed by atoms with Crippen molar-refractivity contribution in [3.05, 3.63) is 54.1 Å². The number of rotatable bonds is 6. The molecule has 0 bridgehead atoms. The summed E-state index contributed by atoms with van der Waals surface area (Å²) >= 11 is 0. The van der Waals surface area contributed by atoms with E-state index < -0.39 is 0 Å². The molecule has 0 N–H and O–H groups in total. The van der Waals surface area contributed by atoms with Crippen molar-refractivity contribution in [3.63, 3.8) is 0 Å². The molecule has 1 fully saturated rings. The average molecular weight is 408 g/mol. The Kier molecular flexibility index (Phi) is 7.24. The first-order chi connectivity index (χ1) is 14.3. The molecule has 0 aromatic heterocycles. The van der Waals surface area contributed by atoms with Crippen molar-refractivity contribution >= 4 is 23.0 Å². The van der Waals surface area contributed by atoms with Crippen LogP contribution in [-0.4, -0.2) is 26.2 Å². The standard InChI is InChI=1S/C25H33N3O2/c1-17(2)23-15-6-18(3)16-24(23)30-25(29)19-7-9-20(10-8-19)26-27-21-11-13-22(14-12-21)28(4)5/h7-14,17-18,23-24H,6,15-16H2,1-5H3. The van der Waals surface area contributed by atoms with E-state index in [1.807, 2.05) is 43.3 Å². The van der Waals surface area contributed by atoms with E-state index in [1.165, 1.54) is 6.42 Å². The zero-order chi connectivity index (χ0) is 21.7. The van der Waals surface area contributed by atoms with Gasteiger partial charge in [0.15, 0.2) is 0 Å². The fourth-order valence-electron chi connectivity index (χ4n) is 4.05. The van der Waals surface area contributed by atoms with Gasteiger partial charge < -0.3 is 9.64 Å². The lowest BCUT2D eigenvalue weighted by molar-refractivity contribution is -0.0174. The molecule has 3 atom stereocenters. The molecule has 0 aliphatic heterocycles. The van der Waals surface area contributed by atoms with Gasteiger partial charge in [0.05, 0.1) is 16.9 Å². The second-order valence-electron chi connectivity index (χ2n) is 8.93. The molecule has 5 nitrogen and oxygen atoms in total. The quantitative estimate of drug-likeness (QED) is 0.391. The van der Waals surface area contributed by atoms with Crippen LogP contribution in [0, 0.1) is 17.8 Å². The number of carbonyl (C=O) groups excluding carboxylic acids is 1. The van der Waals surface area contributed by atoms with Gasteiger partial charge in [0.25, 0.3) is 0 Å². The fourth-order valence-corrected chi connectivity index (χ4v) is 4.05. The zero-order valence-corrected chi connectivity index (χ0v) is 18.7. The maximum absolute atomic E-state index is 12.7. The molecule has 0 heterocycles. The lowest BCUT2D eigenvalue weighted by atomic mass is 9.75. The molecule has 1 aliphatic carbocycles. The summed E-state index contributed by atoms with van der Waals surface area (Å²) in [5, 5.41) is 8.54. The Balaban J connectivity index is 1.62. The number of azo groups is 1. The largest absolute Gasteiger partial charge is 0.458 e. The summed E-state index contributed by atoms with van der Waals surface area (Å²) in [7, 11) is 4.00. The lowest BCUT2D eigenvalue weighted by Crippen LogP contribution is -2.35. The van der Waals surface area contributed by atoms with E-state index in [2.05, 4.69) is 31.0 Å². The van der Waals surface area contributed by atoms with Crippen molar-refractivity contribution in [2.45, 2.75) is 46.1 Å². The normalized spacial score (nSPS) is 21.7. The summed E-state index contributed by atoms with van der Waals surface area (Å²) in [6.45, 7) is 6.68. The maximum atomic E-state index is 12.7. The van der Waals surface area contributed by atoms with E-state index >= 15 is 0 Å². The molecule has 2 aromatic carbocycles. The molecule has 160 valence electrons. The minimum Gasteiger partial charge on any atom is -0.458 e. The van der Waals surface area contributed by atoms with Gasteiger partial charge in [0.1, 0.15) is 6.10 Å². The number of hydrogen-bond donors (Lipinski definition) is 0. The Bertz CT molecular complexity index is 857. The van der Waals surface area contributed by atoms with E-state index in [9.17, 15) is 4.79 Å². The van der Waals surface area contributed by atoms with Gasteiger partial charge in [0, 0.05) is 19.8 Å². The fraction of sp³-hybridized carbons (Fsp3) is 0.480. The average Bonchev–Trinajstić information content (AvgIpc) is 2.72. The van der Waals surface area contributed by atoms with Crippen LogP contribution in [0.15, 0.2) is 58.8 Å². The number of ether oxygens (including phenoxy) is 1. The van der Waals surface area contributed by atoms with Crippen LogP contribution in [0.2, 0.25) is 0 Å². The summed E-state index contributed by atoms with van der Waals surface area (Å²) in [5.74, 6) is 1.32. The highest BCUT2D eigenvalue weighted by Crippen LogP contribution is 2.35. The molecule has 1 saturated carbocycles. The van der Waals surface area contributed by atoms with Crippen molar-refractivity contribution in [1.82, 2.24) is 0 Å².